The van der Waals surface area contributed by atoms with Crippen LogP contribution < -0.4 is 10.2 Å². The molecule has 1 aliphatic rings. The molecule has 2 heterocycles. The molecule has 0 spiro atoms. The number of anilines is 1. The van der Waals surface area contributed by atoms with Crippen LogP contribution in [0.5, 0.6) is 0 Å². The molecule has 5 heteroatoms. The van der Waals surface area contributed by atoms with Crippen LogP contribution in [0.2, 0.25) is 0 Å². The van der Waals surface area contributed by atoms with Gasteiger partial charge < -0.3 is 14.8 Å². The van der Waals surface area contributed by atoms with Gasteiger partial charge in [0.2, 0.25) is 0 Å². The maximum Gasteiger partial charge on any atom is 0.149 e. The Bertz CT molecular complexity index is 603. The molecule has 0 radical (unpaired) electrons. The fraction of sp³-hybridized carbons (Fsp3) is 0.375. The smallest absolute Gasteiger partial charge is 0.149 e. The third-order valence-electron chi connectivity index (χ3n) is 4.07. The number of halogens is 2. The number of nitrogens with one attached hydrogen (secondary N) is 1. The van der Waals surface area contributed by atoms with Crippen molar-refractivity contribution in [1.29, 1.82) is 0 Å². The summed E-state index contributed by atoms with van der Waals surface area (Å²) in [6.07, 6.45) is 2.89. The first-order valence-corrected chi connectivity index (χ1v) is 7.17. The van der Waals surface area contributed by atoms with Crippen molar-refractivity contribution < 1.29 is 8.78 Å². The van der Waals surface area contributed by atoms with Crippen LogP contribution >= 0.6 is 0 Å². The number of aryl methyl sites for hydroxylation is 1. The van der Waals surface area contributed by atoms with E-state index in [1.165, 1.54) is 23.9 Å². The van der Waals surface area contributed by atoms with Gasteiger partial charge in [0.1, 0.15) is 17.3 Å². The second kappa shape index (κ2) is 5.85. The number of rotatable bonds is 4. The highest BCUT2D eigenvalue weighted by Gasteiger charge is 2.26. The van der Waals surface area contributed by atoms with E-state index >= 15 is 0 Å². The second-order valence-corrected chi connectivity index (χ2v) is 5.49. The quantitative estimate of drug-likeness (QED) is 0.934. The van der Waals surface area contributed by atoms with E-state index in [4.69, 9.17) is 0 Å². The minimum Gasteiger partial charge on any atom is -0.365 e. The zero-order chi connectivity index (χ0) is 14.8. The molecule has 21 heavy (non-hydrogen) atoms. The Hall–Kier alpha value is -1.88. The van der Waals surface area contributed by atoms with Gasteiger partial charge in [-0.2, -0.15) is 0 Å². The van der Waals surface area contributed by atoms with E-state index < -0.39 is 11.6 Å². The first-order chi connectivity index (χ1) is 10.1. The Morgan fingerprint density at radius 2 is 1.95 bits per heavy atom. The Morgan fingerprint density at radius 3 is 2.62 bits per heavy atom. The summed E-state index contributed by atoms with van der Waals surface area (Å²) in [5.41, 5.74) is 1.30. The fourth-order valence-electron chi connectivity index (χ4n) is 2.85. The SMILES string of the molecule is Cn1cccc1CN[C@@H]1CCN(c2c(F)cccc2F)C1. The lowest BCUT2D eigenvalue weighted by atomic mass is 10.2. The summed E-state index contributed by atoms with van der Waals surface area (Å²) in [6, 6.07) is 8.34. The topological polar surface area (TPSA) is 20.2 Å². The van der Waals surface area contributed by atoms with Crippen LogP contribution in [0.25, 0.3) is 0 Å². The summed E-state index contributed by atoms with van der Waals surface area (Å²) < 4.78 is 29.6. The highest BCUT2D eigenvalue weighted by molar-refractivity contribution is 5.50. The molecule has 3 nitrogen and oxygen atoms in total. The molecular weight excluding hydrogens is 272 g/mol. The van der Waals surface area contributed by atoms with Crippen molar-refractivity contribution in [3.05, 3.63) is 53.9 Å². The van der Waals surface area contributed by atoms with Gasteiger partial charge in [0.15, 0.2) is 0 Å². The first kappa shape index (κ1) is 14.1. The predicted octanol–water partition coefficient (Wildman–Crippen LogP) is 2.67. The van der Waals surface area contributed by atoms with E-state index in [2.05, 4.69) is 16.0 Å². The van der Waals surface area contributed by atoms with E-state index in [1.54, 1.807) is 4.90 Å². The zero-order valence-electron chi connectivity index (χ0n) is 12.0. The average Bonchev–Trinajstić information content (AvgIpc) is 3.06. The van der Waals surface area contributed by atoms with Crippen LogP contribution in [0.15, 0.2) is 36.5 Å². The lowest BCUT2D eigenvalue weighted by Gasteiger charge is -2.20. The molecule has 112 valence electrons. The highest BCUT2D eigenvalue weighted by atomic mass is 19.1. The number of nitrogens with zero attached hydrogens (tertiary/aromatic N) is 2. The first-order valence-electron chi connectivity index (χ1n) is 7.17. The van der Waals surface area contributed by atoms with Crippen LogP contribution in [0, 0.1) is 11.6 Å². The molecular formula is C16H19F2N3. The number of hydrogen-bond acceptors (Lipinski definition) is 2. The van der Waals surface area contributed by atoms with Crippen molar-refractivity contribution >= 4 is 5.69 Å². The van der Waals surface area contributed by atoms with Crippen molar-refractivity contribution in [1.82, 2.24) is 9.88 Å². The van der Waals surface area contributed by atoms with Crippen LogP contribution in [0.4, 0.5) is 14.5 Å². The summed E-state index contributed by atoms with van der Waals surface area (Å²) in [5.74, 6) is -0.976. The van der Waals surface area contributed by atoms with Crippen molar-refractivity contribution in [2.45, 2.75) is 19.0 Å². The largest absolute Gasteiger partial charge is 0.365 e. The van der Waals surface area contributed by atoms with E-state index in [0.29, 0.717) is 13.1 Å². The zero-order valence-corrected chi connectivity index (χ0v) is 12.0. The third-order valence-corrected chi connectivity index (χ3v) is 4.07. The molecule has 0 unspecified atom stereocenters. The number of aromatic nitrogens is 1. The molecule has 0 saturated carbocycles. The van der Waals surface area contributed by atoms with E-state index in [0.717, 1.165) is 13.0 Å². The molecule has 0 aliphatic carbocycles. The molecule has 1 atom stereocenters. The summed E-state index contributed by atoms with van der Waals surface area (Å²) in [6.45, 7) is 2.06. The Morgan fingerprint density at radius 1 is 1.19 bits per heavy atom. The summed E-state index contributed by atoms with van der Waals surface area (Å²) >= 11 is 0. The summed E-state index contributed by atoms with van der Waals surface area (Å²) in [5, 5.41) is 3.46. The monoisotopic (exact) mass is 291 g/mol. The molecule has 0 bridgehead atoms. The Balaban J connectivity index is 1.62. The standard InChI is InChI=1S/C16H19F2N3/c1-20-8-3-4-13(20)10-19-12-7-9-21(11-12)16-14(17)5-2-6-15(16)18/h2-6,8,12,19H,7,9-11H2,1H3/t12-/m1/s1. The van der Waals surface area contributed by atoms with Gasteiger partial charge in [-0.15, -0.1) is 0 Å². The Labute approximate surface area is 123 Å². The molecule has 2 aromatic rings. The van der Waals surface area contributed by atoms with Crippen molar-refractivity contribution in [2.24, 2.45) is 7.05 Å². The molecule has 1 N–H and O–H groups in total. The van der Waals surface area contributed by atoms with Gasteiger partial charge in [-0.05, 0) is 30.7 Å². The average molecular weight is 291 g/mol. The van der Waals surface area contributed by atoms with Crippen LogP contribution in [0.3, 0.4) is 0 Å². The fourth-order valence-corrected chi connectivity index (χ4v) is 2.85. The normalized spacial score (nSPS) is 18.4. The number of para-hydroxylation sites is 1. The molecule has 1 saturated heterocycles. The molecule has 1 aromatic carbocycles. The Kier molecular flexibility index (Phi) is 3.92. The van der Waals surface area contributed by atoms with Gasteiger partial charge in [-0.1, -0.05) is 6.07 Å². The van der Waals surface area contributed by atoms with Crippen LogP contribution in [-0.2, 0) is 13.6 Å². The van der Waals surface area contributed by atoms with Gasteiger partial charge in [-0.25, -0.2) is 8.78 Å². The van der Waals surface area contributed by atoms with Crippen LogP contribution in [-0.4, -0.2) is 23.7 Å². The molecule has 3 rings (SSSR count). The van der Waals surface area contributed by atoms with Gasteiger partial charge in [0, 0.05) is 44.6 Å². The van der Waals surface area contributed by atoms with E-state index in [9.17, 15) is 8.78 Å². The number of hydrogen-bond donors (Lipinski definition) is 1. The van der Waals surface area contributed by atoms with Crippen molar-refractivity contribution in [3.8, 4) is 0 Å². The molecule has 0 amide bonds. The maximum atomic E-state index is 13.8. The molecule has 1 aromatic heterocycles. The molecule has 1 fully saturated rings. The lowest BCUT2D eigenvalue weighted by molar-refractivity contribution is 0.535. The minimum absolute atomic E-state index is 0.0978. The number of benzene rings is 1. The lowest BCUT2D eigenvalue weighted by Crippen LogP contribution is -2.33. The predicted molar refractivity (Wildman–Crippen MR) is 79.2 cm³/mol. The summed E-state index contributed by atoms with van der Waals surface area (Å²) in [4.78, 5) is 1.79. The second-order valence-electron chi connectivity index (χ2n) is 5.49. The van der Waals surface area contributed by atoms with Gasteiger partial charge in [0.05, 0.1) is 0 Å². The summed E-state index contributed by atoms with van der Waals surface area (Å²) in [7, 11) is 2.01. The maximum absolute atomic E-state index is 13.8. The van der Waals surface area contributed by atoms with Gasteiger partial charge in [0.25, 0.3) is 0 Å². The third kappa shape index (κ3) is 2.93. The van der Waals surface area contributed by atoms with Gasteiger partial charge >= 0.3 is 0 Å². The van der Waals surface area contributed by atoms with E-state index in [1.807, 2.05) is 19.3 Å². The van der Waals surface area contributed by atoms with E-state index in [-0.39, 0.29) is 11.7 Å². The molecule has 1 aliphatic heterocycles. The minimum atomic E-state index is -0.488. The highest BCUT2D eigenvalue weighted by Crippen LogP contribution is 2.26. The van der Waals surface area contributed by atoms with Gasteiger partial charge in [-0.3, -0.25) is 0 Å². The van der Waals surface area contributed by atoms with Crippen molar-refractivity contribution in [3.63, 3.8) is 0 Å². The van der Waals surface area contributed by atoms with Crippen molar-refractivity contribution in [2.75, 3.05) is 18.0 Å². The van der Waals surface area contributed by atoms with Crippen LogP contribution in [0.1, 0.15) is 12.1 Å².